The summed E-state index contributed by atoms with van der Waals surface area (Å²) in [6, 6.07) is 10.8. The lowest BCUT2D eigenvalue weighted by atomic mass is 10.1. The van der Waals surface area contributed by atoms with Crippen LogP contribution < -0.4 is 10.5 Å². The third-order valence-corrected chi connectivity index (χ3v) is 4.55. The lowest BCUT2D eigenvalue weighted by Gasteiger charge is -2.12. The molecule has 0 unspecified atom stereocenters. The van der Waals surface area contributed by atoms with E-state index in [9.17, 15) is 12.8 Å². The number of para-hydroxylation sites is 1. The van der Waals surface area contributed by atoms with E-state index in [1.807, 2.05) is 19.1 Å². The van der Waals surface area contributed by atoms with E-state index in [0.29, 0.717) is 12.1 Å². The van der Waals surface area contributed by atoms with Crippen molar-refractivity contribution in [3.05, 3.63) is 59.4 Å². The number of halogens is 1. The third-order valence-electron chi connectivity index (χ3n) is 3.19. The second-order valence-electron chi connectivity index (χ2n) is 4.57. The van der Waals surface area contributed by atoms with Gasteiger partial charge in [-0.1, -0.05) is 25.1 Å². The van der Waals surface area contributed by atoms with Crippen LogP contribution in [0.5, 0.6) is 0 Å². The molecule has 0 fully saturated rings. The molecule has 0 aromatic heterocycles. The number of hydrogen-bond donors (Lipinski definition) is 2. The third kappa shape index (κ3) is 3.40. The molecule has 21 heavy (non-hydrogen) atoms. The van der Waals surface area contributed by atoms with Gasteiger partial charge in [0.15, 0.2) is 0 Å². The minimum absolute atomic E-state index is 0.00439. The van der Waals surface area contributed by atoms with E-state index >= 15 is 0 Å². The molecule has 2 rings (SSSR count). The average Bonchev–Trinajstić information content (AvgIpc) is 2.47. The van der Waals surface area contributed by atoms with Gasteiger partial charge >= 0.3 is 0 Å². The maximum absolute atomic E-state index is 13.4. The standard InChI is InChI=1S/C15H17FN2O2S/c1-2-11-5-3-4-6-15(11)18-21(19,20)13-7-8-14(16)12(9-13)10-17/h3-9,18H,2,10,17H2,1H3. The van der Waals surface area contributed by atoms with Crippen LogP contribution in [0.25, 0.3) is 0 Å². The van der Waals surface area contributed by atoms with E-state index in [0.717, 1.165) is 11.6 Å². The van der Waals surface area contributed by atoms with Crippen molar-refractivity contribution in [2.24, 2.45) is 5.73 Å². The van der Waals surface area contributed by atoms with Crippen molar-refractivity contribution < 1.29 is 12.8 Å². The Kier molecular flexibility index (Phi) is 4.59. The monoisotopic (exact) mass is 308 g/mol. The van der Waals surface area contributed by atoms with Crippen LogP contribution in [-0.4, -0.2) is 8.42 Å². The van der Waals surface area contributed by atoms with Gasteiger partial charge in [0.1, 0.15) is 5.82 Å². The molecule has 0 aliphatic heterocycles. The van der Waals surface area contributed by atoms with Crippen molar-refractivity contribution in [3.8, 4) is 0 Å². The lowest BCUT2D eigenvalue weighted by molar-refractivity contribution is 0.596. The van der Waals surface area contributed by atoms with Crippen molar-refractivity contribution in [3.63, 3.8) is 0 Å². The van der Waals surface area contributed by atoms with E-state index in [4.69, 9.17) is 5.73 Å². The van der Waals surface area contributed by atoms with Crippen molar-refractivity contribution in [1.29, 1.82) is 0 Å². The number of rotatable bonds is 5. The van der Waals surface area contributed by atoms with Gasteiger partial charge in [-0.05, 0) is 36.2 Å². The Hall–Kier alpha value is -1.92. The molecule has 112 valence electrons. The fourth-order valence-electron chi connectivity index (χ4n) is 2.01. The summed E-state index contributed by atoms with van der Waals surface area (Å²) in [7, 11) is -3.77. The second-order valence-corrected chi connectivity index (χ2v) is 6.26. The van der Waals surface area contributed by atoms with Crippen LogP contribution in [0.15, 0.2) is 47.4 Å². The summed E-state index contributed by atoms with van der Waals surface area (Å²) in [5, 5.41) is 0. The molecule has 0 radical (unpaired) electrons. The van der Waals surface area contributed by atoms with Gasteiger partial charge in [0.2, 0.25) is 0 Å². The molecule has 0 spiro atoms. The molecule has 4 nitrogen and oxygen atoms in total. The first kappa shape index (κ1) is 15.5. The summed E-state index contributed by atoms with van der Waals surface area (Å²) < 4.78 is 40.7. The highest BCUT2D eigenvalue weighted by atomic mass is 32.2. The number of nitrogens with two attached hydrogens (primary N) is 1. The summed E-state index contributed by atoms with van der Waals surface area (Å²) in [4.78, 5) is -0.00439. The molecule has 6 heteroatoms. The smallest absolute Gasteiger partial charge is 0.261 e. The van der Waals surface area contributed by atoms with Gasteiger partial charge in [0.25, 0.3) is 10.0 Å². The summed E-state index contributed by atoms with van der Waals surface area (Å²) in [6.07, 6.45) is 0.705. The highest BCUT2D eigenvalue weighted by Crippen LogP contribution is 2.21. The minimum atomic E-state index is -3.77. The van der Waals surface area contributed by atoms with Gasteiger partial charge in [-0.3, -0.25) is 4.72 Å². The van der Waals surface area contributed by atoms with Crippen LogP contribution in [0.1, 0.15) is 18.1 Å². The summed E-state index contributed by atoms with van der Waals surface area (Å²) in [6.45, 7) is 1.89. The maximum atomic E-state index is 13.4. The molecular weight excluding hydrogens is 291 g/mol. The first-order valence-corrected chi connectivity index (χ1v) is 8.05. The van der Waals surface area contributed by atoms with Crippen LogP contribution >= 0.6 is 0 Å². The van der Waals surface area contributed by atoms with E-state index in [2.05, 4.69) is 4.72 Å². The van der Waals surface area contributed by atoms with Gasteiger partial charge in [-0.15, -0.1) is 0 Å². The number of benzene rings is 2. The van der Waals surface area contributed by atoms with E-state index in [1.165, 1.54) is 12.1 Å². The van der Waals surface area contributed by atoms with E-state index in [-0.39, 0.29) is 17.0 Å². The van der Waals surface area contributed by atoms with Crippen LogP contribution in [0.3, 0.4) is 0 Å². The Morgan fingerprint density at radius 2 is 1.86 bits per heavy atom. The number of hydrogen-bond acceptors (Lipinski definition) is 3. The van der Waals surface area contributed by atoms with E-state index in [1.54, 1.807) is 12.1 Å². The van der Waals surface area contributed by atoms with Crippen molar-refractivity contribution >= 4 is 15.7 Å². The maximum Gasteiger partial charge on any atom is 0.261 e. The fraction of sp³-hybridized carbons (Fsp3) is 0.200. The number of sulfonamides is 1. The summed E-state index contributed by atoms with van der Waals surface area (Å²) >= 11 is 0. The van der Waals surface area contributed by atoms with Gasteiger partial charge in [0, 0.05) is 12.1 Å². The quantitative estimate of drug-likeness (QED) is 0.892. The molecule has 0 saturated carbocycles. The number of aryl methyl sites for hydroxylation is 1. The molecule has 0 amide bonds. The Bertz CT molecular complexity index is 745. The van der Waals surface area contributed by atoms with Crippen molar-refractivity contribution in [1.82, 2.24) is 0 Å². The Balaban J connectivity index is 2.38. The predicted molar refractivity (Wildman–Crippen MR) is 80.9 cm³/mol. The Morgan fingerprint density at radius 1 is 1.14 bits per heavy atom. The summed E-state index contributed by atoms with van der Waals surface area (Å²) in [5.41, 5.74) is 6.99. The topological polar surface area (TPSA) is 72.2 Å². The molecule has 0 atom stereocenters. The fourth-order valence-corrected chi connectivity index (χ4v) is 3.16. The van der Waals surface area contributed by atoms with Gasteiger partial charge < -0.3 is 5.73 Å². The number of anilines is 1. The Morgan fingerprint density at radius 3 is 2.52 bits per heavy atom. The van der Waals surface area contributed by atoms with Gasteiger partial charge in [0.05, 0.1) is 10.6 Å². The zero-order valence-corrected chi connectivity index (χ0v) is 12.5. The molecule has 0 saturated heterocycles. The molecule has 2 aromatic rings. The minimum Gasteiger partial charge on any atom is -0.326 e. The molecule has 0 aliphatic carbocycles. The van der Waals surface area contributed by atoms with Crippen LogP contribution in [0.4, 0.5) is 10.1 Å². The lowest BCUT2D eigenvalue weighted by Crippen LogP contribution is -2.15. The van der Waals surface area contributed by atoms with Crippen molar-refractivity contribution in [2.75, 3.05) is 4.72 Å². The largest absolute Gasteiger partial charge is 0.326 e. The van der Waals surface area contributed by atoms with Crippen LogP contribution in [0.2, 0.25) is 0 Å². The normalized spacial score (nSPS) is 11.4. The van der Waals surface area contributed by atoms with Crippen LogP contribution in [-0.2, 0) is 23.0 Å². The van der Waals surface area contributed by atoms with Crippen molar-refractivity contribution in [2.45, 2.75) is 24.8 Å². The molecule has 0 aliphatic rings. The number of nitrogens with one attached hydrogen (secondary N) is 1. The van der Waals surface area contributed by atoms with E-state index < -0.39 is 15.8 Å². The van der Waals surface area contributed by atoms with Gasteiger partial charge in [-0.2, -0.15) is 0 Å². The highest BCUT2D eigenvalue weighted by Gasteiger charge is 2.17. The van der Waals surface area contributed by atoms with Crippen LogP contribution in [0, 0.1) is 5.82 Å². The molecule has 0 bridgehead atoms. The second kappa shape index (κ2) is 6.24. The first-order valence-electron chi connectivity index (χ1n) is 6.57. The SMILES string of the molecule is CCc1ccccc1NS(=O)(=O)c1ccc(F)c(CN)c1. The molecule has 0 heterocycles. The molecule has 2 aromatic carbocycles. The Labute approximate surface area is 123 Å². The molecule has 3 N–H and O–H groups in total. The average molecular weight is 308 g/mol. The first-order chi connectivity index (χ1) is 9.97. The molecular formula is C15H17FN2O2S. The zero-order chi connectivity index (χ0) is 15.5. The van der Waals surface area contributed by atoms with Gasteiger partial charge in [-0.25, -0.2) is 12.8 Å². The highest BCUT2D eigenvalue weighted by molar-refractivity contribution is 7.92. The summed E-state index contributed by atoms with van der Waals surface area (Å²) in [5.74, 6) is -0.509. The zero-order valence-electron chi connectivity index (χ0n) is 11.6. The predicted octanol–water partition coefficient (Wildman–Crippen LogP) is 2.65.